The molecule has 382 valence electrons. The molecule has 3 aliphatic heterocycles. The zero-order valence-corrected chi connectivity index (χ0v) is 43.9. The highest BCUT2D eigenvalue weighted by Gasteiger charge is 2.49. The van der Waals surface area contributed by atoms with Crippen LogP contribution in [-0.2, 0) is 18.9 Å². The Morgan fingerprint density at radius 3 is 2.12 bits per heavy atom. The van der Waals surface area contributed by atoms with Crippen LogP contribution >= 0.6 is 30.9 Å². The van der Waals surface area contributed by atoms with E-state index in [9.17, 15) is 31.3 Å². The summed E-state index contributed by atoms with van der Waals surface area (Å²) in [7, 11) is -9.99. The lowest BCUT2D eigenvalue weighted by atomic mass is 10.00. The number of piperazine rings is 1. The molecular weight excluding hydrogens is 1000 g/mol. The van der Waals surface area contributed by atoms with E-state index in [0.29, 0.717) is 55.4 Å². The summed E-state index contributed by atoms with van der Waals surface area (Å²) in [6.07, 6.45) is 1.41. The van der Waals surface area contributed by atoms with E-state index in [4.69, 9.17) is 16.1 Å². The van der Waals surface area contributed by atoms with Crippen LogP contribution in [0.5, 0.6) is 0 Å². The van der Waals surface area contributed by atoms with Crippen LogP contribution in [0.2, 0.25) is 5.02 Å². The zero-order valence-electron chi connectivity index (χ0n) is 40.6. The van der Waals surface area contributed by atoms with Gasteiger partial charge in [0.25, 0.3) is 9.84 Å². The Balaban J connectivity index is 0.908. The zero-order chi connectivity index (χ0) is 50.8. The van der Waals surface area contributed by atoms with E-state index in [1.807, 2.05) is 66.7 Å². The Bertz CT molecular complexity index is 2980. The molecule has 11 nitrogen and oxygen atoms in total. The summed E-state index contributed by atoms with van der Waals surface area (Å²) in [4.78, 5) is 6.84. The molecule has 2 atom stereocenters. The number of aliphatic hydroxyl groups is 1. The minimum atomic E-state index is -5.91. The highest BCUT2D eigenvalue weighted by molar-refractivity contribution is 7.99. The molecule has 0 unspecified atom stereocenters. The third kappa shape index (κ3) is 11.3. The van der Waals surface area contributed by atoms with Gasteiger partial charge in [-0.15, -0.1) is 11.8 Å². The Morgan fingerprint density at radius 2 is 1.46 bits per heavy atom. The maximum absolute atomic E-state index is 14.9. The number of likely N-dealkylation sites (tertiary alicyclic amines) is 1. The maximum Gasteiger partial charge on any atom is 0.501 e. The molecule has 72 heavy (non-hydrogen) atoms. The van der Waals surface area contributed by atoms with Gasteiger partial charge in [0.15, 0.2) is 0 Å². The Kier molecular flexibility index (Phi) is 15.8. The molecule has 0 radical (unpaired) electrons. The van der Waals surface area contributed by atoms with Gasteiger partial charge >= 0.3 is 13.0 Å². The third-order valence-corrected chi connectivity index (χ3v) is 19.3. The first kappa shape index (κ1) is 52.0. The van der Waals surface area contributed by atoms with Gasteiger partial charge in [0, 0.05) is 102 Å². The molecule has 6 aromatic rings. The lowest BCUT2D eigenvalue weighted by Crippen LogP contribution is -2.46. The van der Waals surface area contributed by atoms with Crippen molar-refractivity contribution in [3.05, 3.63) is 138 Å². The van der Waals surface area contributed by atoms with Gasteiger partial charge < -0.3 is 34.2 Å². The number of hydrogen-bond donors (Lipinski definition) is 2. The monoisotopic (exact) mass is 1060 g/mol. The van der Waals surface area contributed by atoms with Crippen LogP contribution in [-0.4, -0.2) is 105 Å². The van der Waals surface area contributed by atoms with Crippen molar-refractivity contribution in [1.29, 1.82) is 0 Å². The molecule has 2 N–H and O–H groups in total. The standard InChI is InChI=1S/C54H61ClF3N6O5PS2/c1-38(2)64-39(3)34-50(53(64)40-12-14-42(55)15-13-40)41-8-7-9-46(35-41)62-30-28-61(29-31-62)44-16-18-45(19-17-44)63-32-33-69-70(63,66)48-20-21-51(52(36-48)72(67,68)54(56,57)58)59-43(37-71-49-10-5-4-6-11-49)22-25-60-26-23-47(65)24-27-60/h4-21,34-36,38,43,47,59,65H,22-33,37H2,1-3H3/t43-,70+/m1/s1. The summed E-state index contributed by atoms with van der Waals surface area (Å²) < 4.78 is 95.0. The number of anilines is 4. The number of aryl methyl sites for hydroxylation is 1. The summed E-state index contributed by atoms with van der Waals surface area (Å²) in [5.74, 6) is 0.434. The van der Waals surface area contributed by atoms with Gasteiger partial charge in [0.2, 0.25) is 0 Å². The van der Waals surface area contributed by atoms with E-state index in [1.165, 1.54) is 34.3 Å². The second-order valence-corrected chi connectivity index (χ2v) is 24.7. The lowest BCUT2D eigenvalue weighted by molar-refractivity contribution is -0.0435. The van der Waals surface area contributed by atoms with E-state index in [1.54, 1.807) is 0 Å². The van der Waals surface area contributed by atoms with Crippen molar-refractivity contribution < 1.29 is 35.8 Å². The minimum Gasteiger partial charge on any atom is -0.393 e. The average Bonchev–Trinajstić information content (AvgIpc) is 3.96. The number of nitrogens with zero attached hydrogens (tertiary/aromatic N) is 5. The van der Waals surface area contributed by atoms with Gasteiger partial charge in [-0.3, -0.25) is 9.24 Å². The van der Waals surface area contributed by atoms with Gasteiger partial charge in [-0.25, -0.2) is 8.42 Å². The van der Waals surface area contributed by atoms with E-state index in [0.717, 1.165) is 70.9 Å². The summed E-state index contributed by atoms with van der Waals surface area (Å²) in [6.45, 7) is 11.8. The topological polar surface area (TPSA) is 111 Å². The number of aliphatic hydroxyl groups excluding tert-OH is 1. The van der Waals surface area contributed by atoms with Crippen molar-refractivity contribution in [1.82, 2.24) is 9.47 Å². The maximum atomic E-state index is 14.9. The molecule has 3 fully saturated rings. The van der Waals surface area contributed by atoms with Crippen LogP contribution in [0.15, 0.2) is 137 Å². The van der Waals surface area contributed by atoms with Gasteiger partial charge in [-0.05, 0) is 136 Å². The fraction of sp³-hybridized carbons (Fsp3) is 0.370. The van der Waals surface area contributed by atoms with Crippen LogP contribution in [0.3, 0.4) is 0 Å². The Labute approximate surface area is 430 Å². The molecule has 9 rings (SSSR count). The molecule has 4 heterocycles. The normalized spacial score (nSPS) is 18.8. The number of rotatable bonds is 16. The molecular formula is C54H61ClF3N6O5PS2. The minimum absolute atomic E-state index is 0.0292. The summed E-state index contributed by atoms with van der Waals surface area (Å²) in [5.41, 5.74) is 2.55. The first-order valence-corrected chi connectivity index (χ1v) is 28.9. The van der Waals surface area contributed by atoms with Crippen molar-refractivity contribution in [2.75, 3.05) is 84.5 Å². The van der Waals surface area contributed by atoms with Crippen molar-refractivity contribution in [2.45, 2.75) is 73.5 Å². The van der Waals surface area contributed by atoms with Gasteiger partial charge in [-0.1, -0.05) is 54.1 Å². The number of benzene rings is 5. The SMILES string of the molecule is Cc1cc(-c2cccc(N3CCN(c4ccc(N5CCO[P@@]5(=O)c5ccc(N[C@H](CCN6CCC(O)CC6)CSc6ccccc6)c(S(=O)(=O)C(F)(F)F)c5)cc4)CC3)c2)c(-c2ccc(Cl)cc2)n1C(C)C. The summed E-state index contributed by atoms with van der Waals surface area (Å²) in [6, 6.07) is 39.5. The van der Waals surface area contributed by atoms with E-state index < -0.39 is 33.8 Å². The number of hydrogen-bond acceptors (Lipinski definition) is 10. The van der Waals surface area contributed by atoms with E-state index >= 15 is 0 Å². The quantitative estimate of drug-likeness (QED) is 0.0714. The predicted molar refractivity (Wildman–Crippen MR) is 287 cm³/mol. The Hall–Kier alpha value is -4.93. The number of thioether (sulfide) groups is 1. The number of sulfone groups is 1. The van der Waals surface area contributed by atoms with Crippen molar-refractivity contribution in [3.63, 3.8) is 0 Å². The molecule has 0 bridgehead atoms. The third-order valence-electron chi connectivity index (χ3n) is 13.9. The number of halogens is 4. The highest BCUT2D eigenvalue weighted by atomic mass is 35.5. The fourth-order valence-electron chi connectivity index (χ4n) is 10.1. The van der Waals surface area contributed by atoms with Gasteiger partial charge in [0.05, 0.1) is 35.9 Å². The highest BCUT2D eigenvalue weighted by Crippen LogP contribution is 2.56. The lowest BCUT2D eigenvalue weighted by Gasteiger charge is -2.37. The second-order valence-electron chi connectivity index (χ2n) is 19.0. The smallest absolute Gasteiger partial charge is 0.393 e. The van der Waals surface area contributed by atoms with E-state index in [2.05, 4.69) is 87.8 Å². The molecule has 3 aliphatic rings. The first-order chi connectivity index (χ1) is 34.5. The summed E-state index contributed by atoms with van der Waals surface area (Å²) >= 11 is 7.80. The predicted octanol–water partition coefficient (Wildman–Crippen LogP) is 11.8. The number of aromatic nitrogens is 1. The van der Waals surface area contributed by atoms with Crippen LogP contribution in [0, 0.1) is 6.92 Å². The molecule has 0 aliphatic carbocycles. The molecule has 0 amide bonds. The van der Waals surface area contributed by atoms with Crippen LogP contribution in [0.1, 0.15) is 44.8 Å². The van der Waals surface area contributed by atoms with E-state index in [-0.39, 0.29) is 36.3 Å². The van der Waals surface area contributed by atoms with Crippen molar-refractivity contribution >= 4 is 68.8 Å². The number of alkyl halides is 3. The van der Waals surface area contributed by atoms with Gasteiger partial charge in [-0.2, -0.15) is 13.2 Å². The number of nitrogens with one attached hydrogen (secondary N) is 1. The van der Waals surface area contributed by atoms with Gasteiger partial charge in [0.1, 0.15) is 4.90 Å². The molecule has 1 aromatic heterocycles. The van der Waals surface area contributed by atoms with Crippen molar-refractivity contribution in [2.24, 2.45) is 0 Å². The molecule has 3 saturated heterocycles. The fourth-order valence-corrected chi connectivity index (χ4v) is 14.5. The molecule has 0 saturated carbocycles. The average molecular weight is 1060 g/mol. The largest absolute Gasteiger partial charge is 0.501 e. The van der Waals surface area contributed by atoms with Crippen LogP contribution in [0.25, 0.3) is 22.4 Å². The van der Waals surface area contributed by atoms with Crippen LogP contribution in [0.4, 0.5) is 35.9 Å². The van der Waals surface area contributed by atoms with Crippen molar-refractivity contribution in [3.8, 4) is 22.4 Å². The second kappa shape index (κ2) is 21.9. The molecule has 18 heteroatoms. The summed E-state index contributed by atoms with van der Waals surface area (Å²) in [5, 5.41) is 13.7. The molecule has 5 aromatic carbocycles. The number of piperidine rings is 1. The molecule has 0 spiro atoms. The van der Waals surface area contributed by atoms with Crippen LogP contribution < -0.4 is 25.1 Å². The first-order valence-electron chi connectivity index (χ1n) is 24.5. The Morgan fingerprint density at radius 1 is 0.792 bits per heavy atom.